The molecule has 0 aliphatic rings. The van der Waals surface area contributed by atoms with Gasteiger partial charge in [0.15, 0.2) is 18.1 Å². The lowest BCUT2D eigenvalue weighted by Crippen LogP contribution is -2.47. The van der Waals surface area contributed by atoms with Crippen LogP contribution in [0.4, 0.5) is 0 Å². The Morgan fingerprint density at radius 2 is 1.70 bits per heavy atom. The average molecular weight is 370 g/mol. The van der Waals surface area contributed by atoms with Crippen LogP contribution in [0.2, 0.25) is 0 Å². The zero-order chi connectivity index (χ0) is 20.0. The summed E-state index contributed by atoms with van der Waals surface area (Å²) < 4.78 is 10.9. The Morgan fingerprint density at radius 3 is 2.26 bits per heavy atom. The predicted octanol–water partition coefficient (Wildman–Crippen LogP) is 3.00. The van der Waals surface area contributed by atoms with Gasteiger partial charge in [0.1, 0.15) is 0 Å². The van der Waals surface area contributed by atoms with E-state index in [-0.39, 0.29) is 23.8 Å². The van der Waals surface area contributed by atoms with Crippen LogP contribution in [0.5, 0.6) is 11.5 Å². The number of carbonyl (C=O) groups is 2. The van der Waals surface area contributed by atoms with E-state index >= 15 is 0 Å². The Labute approximate surface area is 159 Å². The molecule has 0 unspecified atom stereocenters. The van der Waals surface area contributed by atoms with Crippen molar-refractivity contribution in [2.24, 2.45) is 5.73 Å². The SMILES string of the molecule is COc1cccc(C(N)=O)c1OCC(=O)N(Cc1ccccc1)C(C)(C)C. The summed E-state index contributed by atoms with van der Waals surface area (Å²) >= 11 is 0. The molecular formula is C21H26N2O4. The number of carbonyl (C=O) groups excluding carboxylic acids is 2. The highest BCUT2D eigenvalue weighted by Crippen LogP contribution is 2.31. The van der Waals surface area contributed by atoms with Crippen LogP contribution in [0, 0.1) is 0 Å². The molecule has 0 bridgehead atoms. The van der Waals surface area contributed by atoms with Crippen molar-refractivity contribution in [1.29, 1.82) is 0 Å². The fourth-order valence-corrected chi connectivity index (χ4v) is 2.70. The Balaban J connectivity index is 2.20. The van der Waals surface area contributed by atoms with Crippen LogP contribution in [0.15, 0.2) is 48.5 Å². The van der Waals surface area contributed by atoms with Gasteiger partial charge in [-0.2, -0.15) is 0 Å². The van der Waals surface area contributed by atoms with E-state index in [9.17, 15) is 9.59 Å². The summed E-state index contributed by atoms with van der Waals surface area (Å²) in [5, 5.41) is 0. The molecule has 0 saturated heterocycles. The van der Waals surface area contributed by atoms with Crippen LogP contribution in [0.25, 0.3) is 0 Å². The van der Waals surface area contributed by atoms with Crippen LogP contribution >= 0.6 is 0 Å². The van der Waals surface area contributed by atoms with Gasteiger partial charge in [-0.3, -0.25) is 9.59 Å². The van der Waals surface area contributed by atoms with Gasteiger partial charge >= 0.3 is 0 Å². The van der Waals surface area contributed by atoms with Crippen LogP contribution in [0.1, 0.15) is 36.7 Å². The number of hydrogen-bond donors (Lipinski definition) is 1. The number of nitrogens with two attached hydrogens (primary N) is 1. The molecule has 0 radical (unpaired) electrons. The van der Waals surface area contributed by atoms with Crippen LogP contribution in [0.3, 0.4) is 0 Å². The standard InChI is InChI=1S/C21H26N2O4/c1-21(2,3)23(13-15-9-6-5-7-10-15)18(24)14-27-19-16(20(22)25)11-8-12-17(19)26-4/h5-12H,13-14H2,1-4H3,(H2,22,25). The van der Waals surface area contributed by atoms with E-state index in [1.165, 1.54) is 13.2 Å². The van der Waals surface area contributed by atoms with E-state index in [4.69, 9.17) is 15.2 Å². The van der Waals surface area contributed by atoms with E-state index in [2.05, 4.69) is 0 Å². The first-order valence-electron chi connectivity index (χ1n) is 8.68. The maximum atomic E-state index is 12.9. The lowest BCUT2D eigenvalue weighted by molar-refractivity contribution is -0.139. The Hall–Kier alpha value is -3.02. The summed E-state index contributed by atoms with van der Waals surface area (Å²) in [6.07, 6.45) is 0. The Bertz CT molecular complexity index is 798. The van der Waals surface area contributed by atoms with Crippen molar-refractivity contribution in [1.82, 2.24) is 4.90 Å². The molecule has 0 saturated carbocycles. The van der Waals surface area contributed by atoms with Crippen molar-refractivity contribution in [2.75, 3.05) is 13.7 Å². The summed E-state index contributed by atoms with van der Waals surface area (Å²) in [7, 11) is 1.46. The number of nitrogens with zero attached hydrogens (tertiary/aromatic N) is 1. The first-order chi connectivity index (χ1) is 12.7. The summed E-state index contributed by atoms with van der Waals surface area (Å²) in [5.74, 6) is -0.320. The zero-order valence-electron chi connectivity index (χ0n) is 16.2. The second kappa shape index (κ2) is 8.58. The van der Waals surface area contributed by atoms with Gasteiger partial charge in [-0.15, -0.1) is 0 Å². The largest absolute Gasteiger partial charge is 0.493 e. The fraction of sp³-hybridized carbons (Fsp3) is 0.333. The molecular weight excluding hydrogens is 344 g/mol. The Kier molecular flexibility index (Phi) is 6.45. The molecule has 6 heteroatoms. The molecule has 2 aromatic rings. The molecule has 0 aliphatic heterocycles. The minimum absolute atomic E-state index is 0.174. The second-order valence-corrected chi connectivity index (χ2v) is 7.13. The first kappa shape index (κ1) is 20.3. The van der Waals surface area contributed by atoms with Crippen molar-refractivity contribution < 1.29 is 19.1 Å². The van der Waals surface area contributed by atoms with E-state index in [1.807, 2.05) is 51.1 Å². The molecule has 2 N–H and O–H groups in total. The molecule has 0 fully saturated rings. The third kappa shape index (κ3) is 5.23. The van der Waals surface area contributed by atoms with Crippen molar-refractivity contribution >= 4 is 11.8 Å². The number of methoxy groups -OCH3 is 1. The van der Waals surface area contributed by atoms with Gasteiger partial charge in [-0.25, -0.2) is 0 Å². The van der Waals surface area contributed by atoms with E-state index in [0.29, 0.717) is 12.3 Å². The summed E-state index contributed by atoms with van der Waals surface area (Å²) in [6, 6.07) is 14.6. The minimum atomic E-state index is -0.645. The number of rotatable bonds is 7. The van der Waals surface area contributed by atoms with Crippen molar-refractivity contribution in [3.8, 4) is 11.5 Å². The number of hydrogen-bond acceptors (Lipinski definition) is 4. The lowest BCUT2D eigenvalue weighted by atomic mass is 10.0. The maximum Gasteiger partial charge on any atom is 0.261 e. The van der Waals surface area contributed by atoms with Crippen LogP contribution < -0.4 is 15.2 Å². The number of amides is 2. The molecule has 144 valence electrons. The molecule has 0 aliphatic carbocycles. The topological polar surface area (TPSA) is 81.9 Å². The maximum absolute atomic E-state index is 12.9. The molecule has 0 atom stereocenters. The normalized spacial score (nSPS) is 11.0. The molecule has 0 aromatic heterocycles. The van der Waals surface area contributed by atoms with Gasteiger partial charge in [0, 0.05) is 12.1 Å². The second-order valence-electron chi connectivity index (χ2n) is 7.13. The van der Waals surface area contributed by atoms with Gasteiger partial charge in [-0.05, 0) is 38.5 Å². The minimum Gasteiger partial charge on any atom is -0.493 e. The van der Waals surface area contributed by atoms with Gasteiger partial charge < -0.3 is 20.1 Å². The van der Waals surface area contributed by atoms with Crippen LogP contribution in [-0.2, 0) is 11.3 Å². The predicted molar refractivity (Wildman–Crippen MR) is 104 cm³/mol. The molecule has 2 aromatic carbocycles. The average Bonchev–Trinajstić information content (AvgIpc) is 2.63. The van der Waals surface area contributed by atoms with Gasteiger partial charge in [0.25, 0.3) is 11.8 Å². The highest BCUT2D eigenvalue weighted by Gasteiger charge is 2.27. The van der Waals surface area contributed by atoms with E-state index < -0.39 is 11.4 Å². The van der Waals surface area contributed by atoms with E-state index in [0.717, 1.165) is 5.56 Å². The van der Waals surface area contributed by atoms with Crippen molar-refractivity contribution in [3.05, 3.63) is 59.7 Å². The Morgan fingerprint density at radius 1 is 1.04 bits per heavy atom. The third-order valence-corrected chi connectivity index (χ3v) is 4.10. The highest BCUT2D eigenvalue weighted by atomic mass is 16.5. The van der Waals surface area contributed by atoms with Gasteiger partial charge in [0.05, 0.1) is 12.7 Å². The summed E-state index contributed by atoms with van der Waals surface area (Å²) in [4.78, 5) is 26.3. The highest BCUT2D eigenvalue weighted by molar-refractivity contribution is 5.96. The quantitative estimate of drug-likeness (QED) is 0.812. The molecule has 27 heavy (non-hydrogen) atoms. The molecule has 0 heterocycles. The number of para-hydroxylation sites is 1. The number of ether oxygens (including phenoxy) is 2. The summed E-state index contributed by atoms with van der Waals surface area (Å²) in [6.45, 7) is 6.12. The third-order valence-electron chi connectivity index (χ3n) is 4.10. The molecule has 6 nitrogen and oxygen atoms in total. The van der Waals surface area contributed by atoms with Crippen molar-refractivity contribution in [3.63, 3.8) is 0 Å². The molecule has 2 rings (SSSR count). The van der Waals surface area contributed by atoms with Crippen LogP contribution in [-0.4, -0.2) is 36.0 Å². The van der Waals surface area contributed by atoms with Crippen molar-refractivity contribution in [2.45, 2.75) is 32.9 Å². The molecule has 2 amide bonds. The molecule has 0 spiro atoms. The number of benzene rings is 2. The summed E-state index contributed by atoms with van der Waals surface area (Å²) in [5.41, 5.74) is 6.20. The zero-order valence-corrected chi connectivity index (χ0v) is 16.2. The smallest absolute Gasteiger partial charge is 0.261 e. The first-order valence-corrected chi connectivity index (χ1v) is 8.68. The fourth-order valence-electron chi connectivity index (χ4n) is 2.70. The lowest BCUT2D eigenvalue weighted by Gasteiger charge is -2.36. The monoisotopic (exact) mass is 370 g/mol. The number of primary amides is 1. The van der Waals surface area contributed by atoms with Gasteiger partial charge in [-0.1, -0.05) is 36.4 Å². The van der Waals surface area contributed by atoms with Gasteiger partial charge in [0.2, 0.25) is 0 Å². The van der Waals surface area contributed by atoms with E-state index in [1.54, 1.807) is 17.0 Å².